The van der Waals surface area contributed by atoms with Gasteiger partial charge in [0, 0.05) is 0 Å². The molecule has 0 atom stereocenters. The maximum atomic E-state index is 2.26. The van der Waals surface area contributed by atoms with E-state index in [4.69, 9.17) is 0 Å². The second-order valence-electron chi connectivity index (χ2n) is 3.42. The van der Waals surface area contributed by atoms with Crippen LogP contribution >= 0.6 is 0 Å². The predicted molar refractivity (Wildman–Crippen MR) is 65.9 cm³/mol. The third-order valence-electron chi connectivity index (χ3n) is 2.53. The fraction of sp³-hybridized carbons (Fsp3) is 0.571. The second kappa shape index (κ2) is 7.61. The topological polar surface area (TPSA) is 0 Å². The van der Waals surface area contributed by atoms with Crippen LogP contribution in [0.2, 0.25) is 0 Å². The van der Waals surface area contributed by atoms with Gasteiger partial charge in [0.2, 0.25) is 0 Å². The van der Waals surface area contributed by atoms with Gasteiger partial charge in [0.25, 0.3) is 0 Å². The van der Waals surface area contributed by atoms with Crippen LogP contribution in [0.5, 0.6) is 0 Å². The van der Waals surface area contributed by atoms with E-state index in [1.807, 2.05) is 13.8 Å². The number of benzene rings is 1. The van der Waals surface area contributed by atoms with E-state index < -0.39 is 0 Å². The zero-order valence-corrected chi connectivity index (χ0v) is 10.3. The Morgan fingerprint density at radius 1 is 0.929 bits per heavy atom. The Labute approximate surface area is 89.4 Å². The van der Waals surface area contributed by atoms with Crippen molar-refractivity contribution in [2.24, 2.45) is 0 Å². The molecule has 0 saturated heterocycles. The second-order valence-corrected chi connectivity index (χ2v) is 3.42. The Hall–Kier alpha value is -0.780. The monoisotopic (exact) mass is 192 g/mol. The van der Waals surface area contributed by atoms with Crippen LogP contribution in [0.4, 0.5) is 0 Å². The molecule has 0 aliphatic rings. The molecule has 0 saturated carbocycles. The van der Waals surface area contributed by atoms with Crippen LogP contribution in [-0.4, -0.2) is 0 Å². The largest absolute Gasteiger partial charge is 0.0683 e. The SMILES string of the molecule is CC.CCC(CC)c1ccc(C)cc1. The number of rotatable bonds is 3. The van der Waals surface area contributed by atoms with Crippen LogP contribution in [-0.2, 0) is 0 Å². The molecule has 1 aromatic carbocycles. The maximum absolute atomic E-state index is 2.26. The molecule has 0 nitrogen and oxygen atoms in total. The van der Waals surface area contributed by atoms with Crippen molar-refractivity contribution in [1.82, 2.24) is 0 Å². The van der Waals surface area contributed by atoms with E-state index >= 15 is 0 Å². The van der Waals surface area contributed by atoms with Crippen molar-refractivity contribution >= 4 is 0 Å². The highest BCUT2D eigenvalue weighted by molar-refractivity contribution is 5.24. The van der Waals surface area contributed by atoms with Gasteiger partial charge in [0.15, 0.2) is 0 Å². The molecule has 14 heavy (non-hydrogen) atoms. The first-order valence-corrected chi connectivity index (χ1v) is 5.84. The molecule has 0 heteroatoms. The lowest BCUT2D eigenvalue weighted by Gasteiger charge is -2.12. The summed E-state index contributed by atoms with van der Waals surface area (Å²) in [6, 6.07) is 8.92. The molecule has 0 amide bonds. The highest BCUT2D eigenvalue weighted by atomic mass is 14.1. The summed E-state index contributed by atoms with van der Waals surface area (Å²) in [5, 5.41) is 0. The molecule has 0 unspecified atom stereocenters. The number of hydrogen-bond acceptors (Lipinski definition) is 0. The highest BCUT2D eigenvalue weighted by Gasteiger charge is 2.04. The maximum Gasteiger partial charge on any atom is -0.0167 e. The summed E-state index contributed by atoms with van der Waals surface area (Å²) in [6.07, 6.45) is 2.50. The minimum atomic E-state index is 0.755. The molecule has 0 radical (unpaired) electrons. The van der Waals surface area contributed by atoms with Gasteiger partial charge in [-0.1, -0.05) is 57.5 Å². The Kier molecular flexibility index (Phi) is 7.18. The van der Waals surface area contributed by atoms with Gasteiger partial charge in [-0.2, -0.15) is 0 Å². The molecular formula is C14H24. The molecule has 0 fully saturated rings. The quantitative estimate of drug-likeness (QED) is 0.637. The fourth-order valence-electron chi connectivity index (χ4n) is 1.60. The Morgan fingerprint density at radius 2 is 1.36 bits per heavy atom. The molecule has 0 spiro atoms. The first kappa shape index (κ1) is 13.2. The average Bonchev–Trinajstić information content (AvgIpc) is 2.25. The molecule has 1 rings (SSSR count). The van der Waals surface area contributed by atoms with Gasteiger partial charge in [-0.15, -0.1) is 0 Å². The molecule has 0 N–H and O–H groups in total. The molecule has 80 valence electrons. The van der Waals surface area contributed by atoms with Crippen molar-refractivity contribution in [2.45, 2.75) is 53.4 Å². The van der Waals surface area contributed by atoms with E-state index in [2.05, 4.69) is 45.0 Å². The van der Waals surface area contributed by atoms with Crippen molar-refractivity contribution in [2.75, 3.05) is 0 Å². The molecular weight excluding hydrogens is 168 g/mol. The van der Waals surface area contributed by atoms with Crippen molar-refractivity contribution in [3.05, 3.63) is 35.4 Å². The average molecular weight is 192 g/mol. The number of hydrogen-bond donors (Lipinski definition) is 0. The van der Waals surface area contributed by atoms with Gasteiger partial charge in [0.1, 0.15) is 0 Å². The van der Waals surface area contributed by atoms with Crippen molar-refractivity contribution < 1.29 is 0 Å². The van der Waals surface area contributed by atoms with E-state index in [1.165, 1.54) is 24.0 Å². The summed E-state index contributed by atoms with van der Waals surface area (Å²) in [4.78, 5) is 0. The first-order chi connectivity index (χ1) is 6.77. The molecule has 0 aliphatic heterocycles. The molecule has 0 aromatic heterocycles. The van der Waals surface area contributed by atoms with Gasteiger partial charge in [-0.3, -0.25) is 0 Å². The van der Waals surface area contributed by atoms with Crippen molar-refractivity contribution in [3.8, 4) is 0 Å². The normalized spacial score (nSPS) is 9.57. The first-order valence-electron chi connectivity index (χ1n) is 5.84. The summed E-state index contributed by atoms with van der Waals surface area (Å²) in [7, 11) is 0. The summed E-state index contributed by atoms with van der Waals surface area (Å²) < 4.78 is 0. The zero-order valence-electron chi connectivity index (χ0n) is 10.3. The van der Waals surface area contributed by atoms with Gasteiger partial charge in [-0.25, -0.2) is 0 Å². The standard InChI is InChI=1S/C12H18.C2H6/c1-4-11(5-2)12-8-6-10(3)7-9-12;1-2/h6-9,11H,4-5H2,1-3H3;1-2H3. The Bertz CT molecular complexity index is 216. The smallest absolute Gasteiger partial charge is 0.0167 e. The highest BCUT2D eigenvalue weighted by Crippen LogP contribution is 2.22. The van der Waals surface area contributed by atoms with Crippen molar-refractivity contribution in [1.29, 1.82) is 0 Å². The van der Waals surface area contributed by atoms with Crippen LogP contribution in [0.1, 0.15) is 57.6 Å². The Balaban J connectivity index is 0.000000791. The summed E-state index contributed by atoms with van der Waals surface area (Å²) >= 11 is 0. The molecule has 0 aliphatic carbocycles. The lowest BCUT2D eigenvalue weighted by atomic mass is 9.93. The van der Waals surface area contributed by atoms with E-state index in [1.54, 1.807) is 0 Å². The molecule has 1 aromatic rings. The Morgan fingerprint density at radius 3 is 1.71 bits per heavy atom. The van der Waals surface area contributed by atoms with Gasteiger partial charge < -0.3 is 0 Å². The van der Waals surface area contributed by atoms with Crippen LogP contribution in [0.25, 0.3) is 0 Å². The number of aryl methyl sites for hydroxylation is 1. The minimum absolute atomic E-state index is 0.755. The van der Waals surface area contributed by atoms with Gasteiger partial charge in [-0.05, 0) is 31.2 Å². The van der Waals surface area contributed by atoms with Crippen molar-refractivity contribution in [3.63, 3.8) is 0 Å². The molecule has 0 heterocycles. The van der Waals surface area contributed by atoms with Gasteiger partial charge in [0.05, 0.1) is 0 Å². The summed E-state index contributed by atoms with van der Waals surface area (Å²) in [5.41, 5.74) is 2.84. The lowest BCUT2D eigenvalue weighted by molar-refractivity contribution is 0.642. The third kappa shape index (κ3) is 3.95. The predicted octanol–water partition coefficient (Wildman–Crippen LogP) is 4.92. The summed E-state index contributed by atoms with van der Waals surface area (Å²) in [5.74, 6) is 0.755. The lowest BCUT2D eigenvalue weighted by Crippen LogP contribution is -1.94. The zero-order chi connectivity index (χ0) is 11.0. The van der Waals surface area contributed by atoms with Crippen LogP contribution < -0.4 is 0 Å². The van der Waals surface area contributed by atoms with E-state index in [9.17, 15) is 0 Å². The summed E-state index contributed by atoms with van der Waals surface area (Å²) in [6.45, 7) is 10.7. The van der Waals surface area contributed by atoms with Crippen LogP contribution in [0, 0.1) is 6.92 Å². The third-order valence-corrected chi connectivity index (χ3v) is 2.53. The molecule has 0 bridgehead atoms. The van der Waals surface area contributed by atoms with E-state index in [-0.39, 0.29) is 0 Å². The van der Waals surface area contributed by atoms with Gasteiger partial charge >= 0.3 is 0 Å². The van der Waals surface area contributed by atoms with Crippen LogP contribution in [0.3, 0.4) is 0 Å². The van der Waals surface area contributed by atoms with E-state index in [0.29, 0.717) is 0 Å². The van der Waals surface area contributed by atoms with Crippen LogP contribution in [0.15, 0.2) is 24.3 Å². The van der Waals surface area contributed by atoms with E-state index in [0.717, 1.165) is 5.92 Å². The minimum Gasteiger partial charge on any atom is -0.0683 e. The fourth-order valence-corrected chi connectivity index (χ4v) is 1.60.